The number of carboxylic acids is 1. The molecule has 9 heteroatoms. The first kappa shape index (κ1) is 21.5. The first-order chi connectivity index (χ1) is 12.9. The van der Waals surface area contributed by atoms with E-state index in [2.05, 4.69) is 5.32 Å². The molecule has 0 aromatic heterocycles. The fraction of sp³-hybridized carbons (Fsp3) is 0.842. The maximum atomic E-state index is 13.3. The lowest BCUT2D eigenvalue weighted by Gasteiger charge is -2.35. The molecule has 0 bridgehead atoms. The zero-order chi connectivity index (χ0) is 20.9. The number of aliphatic carboxylic acids is 1. The molecule has 1 saturated heterocycles. The molecule has 2 N–H and O–H groups in total. The van der Waals surface area contributed by atoms with E-state index in [4.69, 9.17) is 27.9 Å². The Morgan fingerprint density at radius 2 is 1.79 bits per heavy atom. The van der Waals surface area contributed by atoms with E-state index in [0.717, 1.165) is 32.1 Å². The average molecular weight is 435 g/mol. The molecule has 0 spiro atoms. The molecule has 3 rings (SSSR count). The van der Waals surface area contributed by atoms with Gasteiger partial charge in [-0.05, 0) is 39.5 Å². The number of likely N-dealkylation sites (tertiary alicyclic amines) is 1. The van der Waals surface area contributed by atoms with E-state index in [-0.39, 0.29) is 24.3 Å². The van der Waals surface area contributed by atoms with Gasteiger partial charge in [0.05, 0.1) is 0 Å². The summed E-state index contributed by atoms with van der Waals surface area (Å²) in [5.41, 5.74) is -0.694. The van der Waals surface area contributed by atoms with Gasteiger partial charge in [0.25, 0.3) is 0 Å². The van der Waals surface area contributed by atoms with Gasteiger partial charge in [0, 0.05) is 18.4 Å². The third-order valence-electron chi connectivity index (χ3n) is 5.93. The van der Waals surface area contributed by atoms with Crippen molar-refractivity contribution < 1.29 is 24.2 Å². The van der Waals surface area contributed by atoms with Crippen LogP contribution in [-0.4, -0.2) is 56.5 Å². The van der Waals surface area contributed by atoms with Crippen LogP contribution in [-0.2, 0) is 14.3 Å². The van der Waals surface area contributed by atoms with Crippen LogP contribution < -0.4 is 5.32 Å². The second kappa shape index (κ2) is 7.56. The summed E-state index contributed by atoms with van der Waals surface area (Å²) >= 11 is 12.4. The Bertz CT molecular complexity index is 657. The number of piperidine rings is 1. The molecule has 2 aliphatic carbocycles. The Hall–Kier alpha value is -1.21. The van der Waals surface area contributed by atoms with Crippen molar-refractivity contribution in [3.05, 3.63) is 0 Å². The Morgan fingerprint density at radius 3 is 2.32 bits per heavy atom. The number of alkyl halides is 2. The summed E-state index contributed by atoms with van der Waals surface area (Å²) in [7, 11) is 0. The standard InChI is InChI=1S/C19H28Cl2N2O5/c1-18(2,3)28-17(27)22-13(10-7-5-4-6-8-10)15(24)23-9-11-12(19(11,20)21)14(23)16(25)26/h10-14H,4-9H2,1-3H3,(H,22,27)(H,25,26)/t11-,12-,13-,14-/m0/s1. The number of amides is 2. The molecule has 158 valence electrons. The van der Waals surface area contributed by atoms with Crippen LogP contribution >= 0.6 is 23.2 Å². The van der Waals surface area contributed by atoms with Crippen LogP contribution in [0.15, 0.2) is 0 Å². The van der Waals surface area contributed by atoms with Crippen molar-refractivity contribution in [3.8, 4) is 0 Å². The third-order valence-corrected chi connectivity index (χ3v) is 6.99. The summed E-state index contributed by atoms with van der Waals surface area (Å²) in [4.78, 5) is 38.9. The van der Waals surface area contributed by atoms with E-state index in [0.29, 0.717) is 0 Å². The van der Waals surface area contributed by atoms with E-state index < -0.39 is 40.0 Å². The minimum absolute atomic E-state index is 0.0445. The largest absolute Gasteiger partial charge is 0.480 e. The average Bonchev–Trinajstić information content (AvgIpc) is 2.95. The van der Waals surface area contributed by atoms with Gasteiger partial charge in [0.15, 0.2) is 0 Å². The highest BCUT2D eigenvalue weighted by Crippen LogP contribution is 2.65. The van der Waals surface area contributed by atoms with Crippen molar-refractivity contribution in [2.45, 2.75) is 74.9 Å². The van der Waals surface area contributed by atoms with Gasteiger partial charge in [-0.1, -0.05) is 19.3 Å². The first-order valence-corrected chi connectivity index (χ1v) is 10.6. The van der Waals surface area contributed by atoms with Crippen molar-refractivity contribution in [2.24, 2.45) is 17.8 Å². The summed E-state index contributed by atoms with van der Waals surface area (Å²) in [6.07, 6.45) is 3.99. The minimum Gasteiger partial charge on any atom is -0.480 e. The van der Waals surface area contributed by atoms with Gasteiger partial charge in [0.1, 0.15) is 22.0 Å². The van der Waals surface area contributed by atoms with Crippen LogP contribution in [0.5, 0.6) is 0 Å². The Morgan fingerprint density at radius 1 is 1.18 bits per heavy atom. The highest BCUT2D eigenvalue weighted by molar-refractivity contribution is 6.51. The molecule has 4 atom stereocenters. The summed E-state index contributed by atoms with van der Waals surface area (Å²) in [6, 6.07) is -1.88. The number of hydrogen-bond acceptors (Lipinski definition) is 4. The number of carbonyl (C=O) groups excluding carboxylic acids is 2. The number of ether oxygens (including phenoxy) is 1. The number of nitrogens with zero attached hydrogens (tertiary/aromatic N) is 1. The molecule has 2 saturated carbocycles. The van der Waals surface area contributed by atoms with Gasteiger partial charge in [-0.25, -0.2) is 9.59 Å². The van der Waals surface area contributed by atoms with Crippen LogP contribution in [0.4, 0.5) is 4.79 Å². The van der Waals surface area contributed by atoms with Crippen molar-refractivity contribution in [1.82, 2.24) is 10.2 Å². The predicted molar refractivity (Wildman–Crippen MR) is 104 cm³/mol. The molecule has 3 fully saturated rings. The zero-order valence-electron chi connectivity index (χ0n) is 16.4. The van der Waals surface area contributed by atoms with Crippen LogP contribution in [0.2, 0.25) is 0 Å². The van der Waals surface area contributed by atoms with Crippen LogP contribution in [0.1, 0.15) is 52.9 Å². The van der Waals surface area contributed by atoms with E-state index in [9.17, 15) is 19.5 Å². The summed E-state index contributed by atoms with van der Waals surface area (Å²) in [5.74, 6) is -2.29. The molecule has 1 heterocycles. The molecular weight excluding hydrogens is 407 g/mol. The van der Waals surface area contributed by atoms with Crippen molar-refractivity contribution in [2.75, 3.05) is 6.54 Å². The summed E-state index contributed by atoms with van der Waals surface area (Å²) < 4.78 is 4.23. The Labute approximate surface area is 175 Å². The van der Waals surface area contributed by atoms with Gasteiger partial charge in [-0.3, -0.25) is 4.79 Å². The first-order valence-electron chi connectivity index (χ1n) is 9.84. The van der Waals surface area contributed by atoms with Gasteiger partial charge < -0.3 is 20.1 Å². The molecule has 2 amide bonds. The Kier molecular flexibility index (Phi) is 5.80. The van der Waals surface area contributed by atoms with Gasteiger partial charge >= 0.3 is 12.1 Å². The van der Waals surface area contributed by atoms with Crippen LogP contribution in [0.25, 0.3) is 0 Å². The number of hydrogen-bond donors (Lipinski definition) is 2. The molecular formula is C19H28Cl2N2O5. The van der Waals surface area contributed by atoms with Crippen molar-refractivity contribution in [1.29, 1.82) is 0 Å². The molecule has 0 aromatic carbocycles. The fourth-order valence-corrected chi connectivity index (χ4v) is 5.40. The Balaban J connectivity index is 1.78. The number of carboxylic acid groups (broad SMARTS) is 1. The summed E-state index contributed by atoms with van der Waals surface area (Å²) in [5, 5.41) is 12.4. The zero-order valence-corrected chi connectivity index (χ0v) is 17.9. The van der Waals surface area contributed by atoms with Gasteiger partial charge in [-0.2, -0.15) is 0 Å². The SMILES string of the molecule is CC(C)(C)OC(=O)N[C@H](C(=O)N1C[C@H]2[C@@H]([C@H]1C(=O)O)C2(Cl)Cl)C1CCCCC1. The maximum absolute atomic E-state index is 13.3. The third kappa shape index (κ3) is 4.20. The van der Waals surface area contributed by atoms with Crippen molar-refractivity contribution >= 4 is 41.2 Å². The number of carbonyl (C=O) groups is 3. The molecule has 28 heavy (non-hydrogen) atoms. The van der Waals surface area contributed by atoms with E-state index in [1.54, 1.807) is 20.8 Å². The molecule has 3 aliphatic rings. The number of fused-ring (bicyclic) bond motifs is 1. The molecule has 0 radical (unpaired) electrons. The number of halogens is 2. The molecule has 0 unspecified atom stereocenters. The number of rotatable bonds is 4. The van der Waals surface area contributed by atoms with E-state index in [1.807, 2.05) is 0 Å². The lowest BCUT2D eigenvalue weighted by Crippen LogP contribution is -2.57. The maximum Gasteiger partial charge on any atom is 0.408 e. The van der Waals surface area contributed by atoms with Crippen LogP contribution in [0.3, 0.4) is 0 Å². The lowest BCUT2D eigenvalue weighted by atomic mass is 9.83. The fourth-order valence-electron chi connectivity index (χ4n) is 4.58. The second-order valence-electron chi connectivity index (χ2n) is 9.10. The summed E-state index contributed by atoms with van der Waals surface area (Å²) in [6.45, 7) is 5.43. The monoisotopic (exact) mass is 434 g/mol. The quantitative estimate of drug-likeness (QED) is 0.662. The topological polar surface area (TPSA) is 95.9 Å². The number of alkyl carbamates (subject to hydrolysis) is 1. The van der Waals surface area contributed by atoms with E-state index in [1.165, 1.54) is 4.90 Å². The normalized spacial score (nSPS) is 30.3. The van der Waals surface area contributed by atoms with Crippen molar-refractivity contribution in [3.63, 3.8) is 0 Å². The molecule has 0 aromatic rings. The van der Waals surface area contributed by atoms with E-state index >= 15 is 0 Å². The number of nitrogens with one attached hydrogen (secondary N) is 1. The predicted octanol–water partition coefficient (Wildman–Crippen LogP) is 3.18. The highest BCUT2D eigenvalue weighted by Gasteiger charge is 2.74. The van der Waals surface area contributed by atoms with Gasteiger partial charge in [-0.15, -0.1) is 23.2 Å². The smallest absolute Gasteiger partial charge is 0.408 e. The second-order valence-corrected chi connectivity index (χ2v) is 10.5. The van der Waals surface area contributed by atoms with Crippen LogP contribution in [0, 0.1) is 17.8 Å². The molecule has 7 nitrogen and oxygen atoms in total. The molecule has 1 aliphatic heterocycles. The minimum atomic E-state index is -1.12. The lowest BCUT2D eigenvalue weighted by molar-refractivity contribution is -0.151. The highest BCUT2D eigenvalue weighted by atomic mass is 35.5. The van der Waals surface area contributed by atoms with Gasteiger partial charge in [0.2, 0.25) is 5.91 Å².